The van der Waals surface area contributed by atoms with E-state index < -0.39 is 23.8 Å². The highest BCUT2D eigenvalue weighted by Crippen LogP contribution is 2.40. The molecular weight excluding hydrogens is 606 g/mol. The van der Waals surface area contributed by atoms with Crippen LogP contribution in [0.2, 0.25) is 0 Å². The molecule has 0 bridgehead atoms. The van der Waals surface area contributed by atoms with Crippen LogP contribution in [0.5, 0.6) is 5.75 Å². The normalized spacial score (nSPS) is 17.8. The number of fused-ring (bicyclic) bond motifs is 1. The SMILES string of the molecule is CCC(=O)NCCN1C(=O)C(C)(C)Oc2cc(C)c(C(=O)N(C(C)C)[C@@H]3CCCN(C(=O)OC(C)c4ncccc4C(=O)O)C3)cc21. The molecule has 1 aromatic heterocycles. The summed E-state index contributed by atoms with van der Waals surface area (Å²) in [4.78, 5) is 73.5. The van der Waals surface area contributed by atoms with Crippen LogP contribution in [0.25, 0.3) is 0 Å². The molecule has 0 radical (unpaired) electrons. The summed E-state index contributed by atoms with van der Waals surface area (Å²) in [6.07, 6.45) is 1.55. The van der Waals surface area contributed by atoms with Crippen LogP contribution in [0, 0.1) is 6.92 Å². The van der Waals surface area contributed by atoms with Gasteiger partial charge in [-0.2, -0.15) is 0 Å². The minimum absolute atomic E-state index is 0.0405. The first kappa shape index (κ1) is 35.2. The van der Waals surface area contributed by atoms with E-state index in [9.17, 15) is 29.1 Å². The number of nitrogens with one attached hydrogen (secondary N) is 1. The molecule has 2 aromatic rings. The molecule has 13 heteroatoms. The van der Waals surface area contributed by atoms with Crippen LogP contribution in [-0.4, -0.2) is 93.5 Å². The van der Waals surface area contributed by atoms with Gasteiger partial charge in [0.1, 0.15) is 11.9 Å². The van der Waals surface area contributed by atoms with Crippen LogP contribution in [0.3, 0.4) is 0 Å². The first-order valence-electron chi connectivity index (χ1n) is 16.0. The average Bonchev–Trinajstić information content (AvgIpc) is 3.02. The first-order chi connectivity index (χ1) is 22.2. The molecule has 3 heterocycles. The van der Waals surface area contributed by atoms with Gasteiger partial charge in [0.15, 0.2) is 5.60 Å². The fourth-order valence-corrected chi connectivity index (χ4v) is 6.11. The molecule has 1 unspecified atom stereocenters. The molecule has 1 fully saturated rings. The summed E-state index contributed by atoms with van der Waals surface area (Å²) in [7, 11) is 0. The number of anilines is 1. The Morgan fingerprint density at radius 1 is 1.19 bits per heavy atom. The number of benzene rings is 1. The highest BCUT2D eigenvalue weighted by molar-refractivity contribution is 6.05. The van der Waals surface area contributed by atoms with Crippen LogP contribution in [0.1, 0.15) is 98.9 Å². The number of aromatic nitrogens is 1. The third kappa shape index (κ3) is 7.66. The molecule has 2 atom stereocenters. The lowest BCUT2D eigenvalue weighted by Gasteiger charge is -2.42. The molecule has 2 aliphatic rings. The number of aryl methyl sites for hydroxylation is 1. The van der Waals surface area contributed by atoms with Crippen molar-refractivity contribution in [3.05, 3.63) is 52.8 Å². The molecule has 13 nitrogen and oxygen atoms in total. The van der Waals surface area contributed by atoms with E-state index in [-0.39, 0.29) is 60.7 Å². The van der Waals surface area contributed by atoms with E-state index in [1.54, 1.807) is 49.6 Å². The van der Waals surface area contributed by atoms with E-state index in [2.05, 4.69) is 10.3 Å². The Bertz CT molecular complexity index is 1540. The van der Waals surface area contributed by atoms with E-state index in [4.69, 9.17) is 9.47 Å². The maximum atomic E-state index is 14.3. The number of hydrogen-bond donors (Lipinski definition) is 2. The second kappa shape index (κ2) is 14.4. The predicted octanol–water partition coefficient (Wildman–Crippen LogP) is 4.33. The van der Waals surface area contributed by atoms with Gasteiger partial charge in [-0.25, -0.2) is 9.59 Å². The van der Waals surface area contributed by atoms with Crippen molar-refractivity contribution in [2.24, 2.45) is 0 Å². The van der Waals surface area contributed by atoms with Crippen molar-refractivity contribution < 1.29 is 38.6 Å². The number of carbonyl (C=O) groups excluding carboxylic acids is 4. The summed E-state index contributed by atoms with van der Waals surface area (Å²) in [5, 5.41) is 12.3. The van der Waals surface area contributed by atoms with Crippen LogP contribution in [0.15, 0.2) is 30.5 Å². The van der Waals surface area contributed by atoms with Crippen LogP contribution in [-0.2, 0) is 14.3 Å². The van der Waals surface area contributed by atoms with Gasteiger partial charge in [0.2, 0.25) is 5.91 Å². The van der Waals surface area contributed by atoms with E-state index in [1.165, 1.54) is 23.2 Å². The number of carboxylic acid groups (broad SMARTS) is 1. The van der Waals surface area contributed by atoms with Crippen molar-refractivity contribution in [1.29, 1.82) is 0 Å². The molecule has 1 aromatic carbocycles. The second-order valence-corrected chi connectivity index (χ2v) is 12.7. The van der Waals surface area contributed by atoms with E-state index in [1.807, 2.05) is 20.8 Å². The molecule has 0 aliphatic carbocycles. The van der Waals surface area contributed by atoms with Gasteiger partial charge in [-0.3, -0.25) is 19.4 Å². The van der Waals surface area contributed by atoms with Crippen LogP contribution < -0.4 is 15.0 Å². The second-order valence-electron chi connectivity index (χ2n) is 12.7. The molecular formula is C34H45N5O8. The lowest BCUT2D eigenvalue weighted by molar-refractivity contribution is -0.132. The topological polar surface area (TPSA) is 159 Å². The fourth-order valence-electron chi connectivity index (χ4n) is 6.11. The number of amides is 4. The quantitative estimate of drug-likeness (QED) is 0.381. The molecule has 4 amide bonds. The third-order valence-corrected chi connectivity index (χ3v) is 8.50. The number of carbonyl (C=O) groups is 5. The molecule has 4 rings (SSSR count). The van der Waals surface area contributed by atoms with Crippen molar-refractivity contribution in [2.45, 2.75) is 91.5 Å². The van der Waals surface area contributed by atoms with Gasteiger partial charge in [-0.1, -0.05) is 6.92 Å². The number of rotatable bonds is 10. The molecule has 47 heavy (non-hydrogen) atoms. The summed E-state index contributed by atoms with van der Waals surface area (Å²) in [5.41, 5.74) is 0.510. The minimum atomic E-state index is -1.16. The number of pyridine rings is 1. The van der Waals surface area contributed by atoms with Gasteiger partial charge in [0.05, 0.1) is 23.0 Å². The van der Waals surface area contributed by atoms with Crippen molar-refractivity contribution in [2.75, 3.05) is 31.1 Å². The number of ether oxygens (including phenoxy) is 2. The zero-order valence-corrected chi connectivity index (χ0v) is 28.2. The number of aromatic carboxylic acids is 1. The van der Waals surface area contributed by atoms with Crippen molar-refractivity contribution >= 4 is 35.5 Å². The summed E-state index contributed by atoms with van der Waals surface area (Å²) < 4.78 is 11.7. The largest absolute Gasteiger partial charge is 0.478 e. The van der Waals surface area contributed by atoms with Gasteiger partial charge in [0, 0.05) is 50.4 Å². The Morgan fingerprint density at radius 3 is 2.57 bits per heavy atom. The number of hydrogen-bond acceptors (Lipinski definition) is 8. The smallest absolute Gasteiger partial charge is 0.410 e. The van der Waals surface area contributed by atoms with Gasteiger partial charge >= 0.3 is 12.1 Å². The van der Waals surface area contributed by atoms with E-state index >= 15 is 0 Å². The number of nitrogens with zero attached hydrogens (tertiary/aromatic N) is 4. The summed E-state index contributed by atoms with van der Waals surface area (Å²) in [6.45, 7) is 13.5. The summed E-state index contributed by atoms with van der Waals surface area (Å²) >= 11 is 0. The fraction of sp³-hybridized carbons (Fsp3) is 0.529. The Hall–Kier alpha value is -4.68. The van der Waals surface area contributed by atoms with Crippen molar-refractivity contribution in [1.82, 2.24) is 20.1 Å². The molecule has 0 spiro atoms. The Morgan fingerprint density at radius 2 is 1.91 bits per heavy atom. The monoisotopic (exact) mass is 651 g/mol. The lowest BCUT2D eigenvalue weighted by atomic mass is 9.97. The molecule has 0 saturated carbocycles. The van der Waals surface area contributed by atoms with Gasteiger partial charge in [-0.05, 0) is 84.2 Å². The van der Waals surface area contributed by atoms with E-state index in [0.717, 1.165) is 0 Å². The van der Waals surface area contributed by atoms with Gasteiger partial charge in [0.25, 0.3) is 11.8 Å². The average molecular weight is 652 g/mol. The first-order valence-corrected chi connectivity index (χ1v) is 16.0. The Balaban J connectivity index is 1.56. The predicted molar refractivity (Wildman–Crippen MR) is 174 cm³/mol. The summed E-state index contributed by atoms with van der Waals surface area (Å²) in [6, 6.07) is 5.82. The number of piperidine rings is 1. The maximum absolute atomic E-state index is 14.3. The zero-order chi connectivity index (χ0) is 34.6. The molecule has 2 N–H and O–H groups in total. The Kier molecular flexibility index (Phi) is 10.8. The number of carboxylic acids is 1. The van der Waals surface area contributed by atoms with Gasteiger partial charge in [-0.15, -0.1) is 0 Å². The third-order valence-electron chi connectivity index (χ3n) is 8.50. The molecule has 254 valence electrons. The molecule has 1 saturated heterocycles. The lowest BCUT2D eigenvalue weighted by Crippen LogP contribution is -2.55. The van der Waals surface area contributed by atoms with Crippen LogP contribution in [0.4, 0.5) is 10.5 Å². The highest BCUT2D eigenvalue weighted by Gasteiger charge is 2.42. The highest BCUT2D eigenvalue weighted by atomic mass is 16.6. The molecule has 2 aliphatic heterocycles. The zero-order valence-electron chi connectivity index (χ0n) is 28.2. The minimum Gasteiger partial charge on any atom is -0.478 e. The summed E-state index contributed by atoms with van der Waals surface area (Å²) in [5.74, 6) is -1.34. The maximum Gasteiger partial charge on any atom is 0.410 e. The van der Waals surface area contributed by atoms with E-state index in [0.29, 0.717) is 48.4 Å². The number of likely N-dealkylation sites (tertiary alicyclic amines) is 1. The van der Waals surface area contributed by atoms with Crippen molar-refractivity contribution in [3.63, 3.8) is 0 Å². The van der Waals surface area contributed by atoms with Crippen molar-refractivity contribution in [3.8, 4) is 5.75 Å². The van der Waals surface area contributed by atoms with Gasteiger partial charge < -0.3 is 34.6 Å². The Labute approximate surface area is 275 Å². The van der Waals surface area contributed by atoms with Crippen LogP contribution >= 0.6 is 0 Å². The standard InChI is InChI=1S/C34H45N5O8/c1-8-28(40)35-14-16-38-26-18-25(21(4)17-27(26)47-34(6,7)32(38)44)30(41)39(20(2)3)23-11-10-15-37(19-23)33(45)46-22(5)29-24(31(42)43)12-9-13-36-29/h9,12-13,17-18,20,22-23H,8,10-11,14-16,19H2,1-7H3,(H,35,40)(H,42,43)/t22?,23-/m1/s1.